The molecule has 0 bridgehead atoms. The van der Waals surface area contributed by atoms with E-state index < -0.39 is 0 Å². The number of rotatable bonds is 4. The SMILES string of the molecule is CCC1CCN(Cc2ccc(C(N)=S)cc2F)C1. The summed E-state index contributed by atoms with van der Waals surface area (Å²) >= 11 is 4.84. The van der Waals surface area contributed by atoms with E-state index in [2.05, 4.69) is 11.8 Å². The minimum atomic E-state index is -0.208. The molecule has 0 aliphatic carbocycles. The minimum absolute atomic E-state index is 0.208. The molecule has 1 aromatic rings. The number of hydrogen-bond donors (Lipinski definition) is 1. The van der Waals surface area contributed by atoms with Gasteiger partial charge in [-0.25, -0.2) is 4.39 Å². The number of halogens is 1. The summed E-state index contributed by atoms with van der Waals surface area (Å²) in [5.41, 5.74) is 6.81. The Balaban J connectivity index is 2.04. The zero-order valence-electron chi connectivity index (χ0n) is 10.7. The van der Waals surface area contributed by atoms with Crippen LogP contribution >= 0.6 is 12.2 Å². The van der Waals surface area contributed by atoms with Gasteiger partial charge in [0, 0.05) is 24.2 Å². The van der Waals surface area contributed by atoms with Gasteiger partial charge in [-0.05, 0) is 24.9 Å². The number of nitrogens with zero attached hydrogens (tertiary/aromatic N) is 1. The summed E-state index contributed by atoms with van der Waals surface area (Å²) < 4.78 is 13.9. The van der Waals surface area contributed by atoms with Crippen LogP contribution in [-0.4, -0.2) is 23.0 Å². The first-order valence-electron chi connectivity index (χ1n) is 6.40. The van der Waals surface area contributed by atoms with Gasteiger partial charge in [-0.2, -0.15) is 0 Å². The lowest BCUT2D eigenvalue weighted by Crippen LogP contribution is -2.21. The summed E-state index contributed by atoms with van der Waals surface area (Å²) in [6.07, 6.45) is 2.43. The Morgan fingerprint density at radius 1 is 1.56 bits per heavy atom. The van der Waals surface area contributed by atoms with E-state index >= 15 is 0 Å². The van der Waals surface area contributed by atoms with Gasteiger partial charge in [-0.15, -0.1) is 0 Å². The Kier molecular flexibility index (Phi) is 4.30. The zero-order chi connectivity index (χ0) is 13.1. The smallest absolute Gasteiger partial charge is 0.128 e. The number of benzene rings is 1. The van der Waals surface area contributed by atoms with Crippen LogP contribution < -0.4 is 5.73 Å². The number of nitrogens with two attached hydrogens (primary N) is 1. The van der Waals surface area contributed by atoms with Crippen LogP contribution in [0.5, 0.6) is 0 Å². The molecule has 1 fully saturated rings. The standard InChI is InChI=1S/C14H19FN2S/c1-2-10-5-6-17(8-10)9-12-4-3-11(14(16)18)7-13(12)15/h3-4,7,10H,2,5-6,8-9H2,1H3,(H2,16,18). The molecular weight excluding hydrogens is 247 g/mol. The molecule has 0 amide bonds. The normalized spacial score (nSPS) is 20.2. The molecule has 1 saturated heterocycles. The maximum absolute atomic E-state index is 13.9. The Morgan fingerprint density at radius 3 is 2.89 bits per heavy atom. The molecule has 2 rings (SSSR count). The Labute approximate surface area is 113 Å². The van der Waals surface area contributed by atoms with Crippen molar-refractivity contribution in [3.8, 4) is 0 Å². The highest BCUT2D eigenvalue weighted by atomic mass is 32.1. The Bertz CT molecular complexity index is 447. The Morgan fingerprint density at radius 2 is 2.33 bits per heavy atom. The molecule has 0 radical (unpaired) electrons. The third kappa shape index (κ3) is 3.06. The predicted octanol–water partition coefficient (Wildman–Crippen LogP) is 2.69. The lowest BCUT2D eigenvalue weighted by atomic mass is 10.1. The fraction of sp³-hybridized carbons (Fsp3) is 0.500. The highest BCUT2D eigenvalue weighted by Crippen LogP contribution is 2.22. The number of thiocarbonyl (C=S) groups is 1. The van der Waals surface area contributed by atoms with E-state index in [1.54, 1.807) is 12.1 Å². The summed E-state index contributed by atoms with van der Waals surface area (Å²) in [5, 5.41) is 0. The van der Waals surface area contributed by atoms with Gasteiger partial charge in [0.25, 0.3) is 0 Å². The molecule has 1 unspecified atom stereocenters. The molecule has 4 heteroatoms. The fourth-order valence-corrected chi connectivity index (χ4v) is 2.59. The van der Waals surface area contributed by atoms with E-state index in [0.29, 0.717) is 12.1 Å². The van der Waals surface area contributed by atoms with Gasteiger partial charge in [-0.1, -0.05) is 37.7 Å². The molecule has 1 heterocycles. The van der Waals surface area contributed by atoms with Crippen molar-refractivity contribution < 1.29 is 4.39 Å². The van der Waals surface area contributed by atoms with E-state index in [1.165, 1.54) is 18.9 Å². The summed E-state index contributed by atoms with van der Waals surface area (Å²) in [5.74, 6) is 0.559. The van der Waals surface area contributed by atoms with Crippen LogP contribution in [0.3, 0.4) is 0 Å². The van der Waals surface area contributed by atoms with Crippen molar-refractivity contribution in [3.05, 3.63) is 35.1 Å². The second kappa shape index (κ2) is 5.76. The van der Waals surface area contributed by atoms with Crippen LogP contribution in [0.4, 0.5) is 4.39 Å². The summed E-state index contributed by atoms with van der Waals surface area (Å²) in [6, 6.07) is 5.03. The van der Waals surface area contributed by atoms with Crippen LogP contribution in [0.1, 0.15) is 30.9 Å². The van der Waals surface area contributed by atoms with Gasteiger partial charge in [0.2, 0.25) is 0 Å². The molecule has 98 valence electrons. The minimum Gasteiger partial charge on any atom is -0.389 e. The van der Waals surface area contributed by atoms with Crippen molar-refractivity contribution in [2.24, 2.45) is 11.7 Å². The summed E-state index contributed by atoms with van der Waals surface area (Å²) in [6.45, 7) is 5.04. The zero-order valence-corrected chi connectivity index (χ0v) is 11.5. The van der Waals surface area contributed by atoms with Gasteiger partial charge < -0.3 is 5.73 Å². The van der Waals surface area contributed by atoms with Crippen LogP contribution in [0.15, 0.2) is 18.2 Å². The average molecular weight is 266 g/mol. The second-order valence-corrected chi connectivity index (χ2v) is 5.41. The topological polar surface area (TPSA) is 29.3 Å². The third-order valence-electron chi connectivity index (χ3n) is 3.68. The summed E-state index contributed by atoms with van der Waals surface area (Å²) in [7, 11) is 0. The van der Waals surface area contributed by atoms with Gasteiger partial charge in [-0.3, -0.25) is 4.90 Å². The van der Waals surface area contributed by atoms with E-state index in [0.717, 1.165) is 24.6 Å². The molecular formula is C14H19FN2S. The molecule has 1 aliphatic rings. The average Bonchev–Trinajstić information content (AvgIpc) is 2.79. The lowest BCUT2D eigenvalue weighted by molar-refractivity contribution is 0.310. The number of hydrogen-bond acceptors (Lipinski definition) is 2. The van der Waals surface area contributed by atoms with Crippen molar-refractivity contribution in [2.45, 2.75) is 26.3 Å². The lowest BCUT2D eigenvalue weighted by Gasteiger charge is -2.16. The predicted molar refractivity (Wildman–Crippen MR) is 76.0 cm³/mol. The molecule has 1 atom stereocenters. The highest BCUT2D eigenvalue weighted by Gasteiger charge is 2.21. The number of likely N-dealkylation sites (tertiary alicyclic amines) is 1. The van der Waals surface area contributed by atoms with Crippen molar-refractivity contribution in [1.29, 1.82) is 0 Å². The molecule has 18 heavy (non-hydrogen) atoms. The third-order valence-corrected chi connectivity index (χ3v) is 3.91. The van der Waals surface area contributed by atoms with Crippen molar-refractivity contribution in [1.82, 2.24) is 4.90 Å². The molecule has 0 spiro atoms. The highest BCUT2D eigenvalue weighted by molar-refractivity contribution is 7.80. The van der Waals surface area contributed by atoms with E-state index in [4.69, 9.17) is 18.0 Å². The van der Waals surface area contributed by atoms with E-state index in [1.807, 2.05) is 0 Å². The van der Waals surface area contributed by atoms with Crippen LogP contribution in [0, 0.1) is 11.7 Å². The van der Waals surface area contributed by atoms with E-state index in [-0.39, 0.29) is 10.8 Å². The monoisotopic (exact) mass is 266 g/mol. The molecule has 2 N–H and O–H groups in total. The molecule has 1 aromatic carbocycles. The van der Waals surface area contributed by atoms with Crippen LogP contribution in [0.2, 0.25) is 0 Å². The van der Waals surface area contributed by atoms with Crippen LogP contribution in [0.25, 0.3) is 0 Å². The first-order valence-corrected chi connectivity index (χ1v) is 6.81. The van der Waals surface area contributed by atoms with Gasteiger partial charge in [0.1, 0.15) is 10.8 Å². The first kappa shape index (κ1) is 13.4. The molecule has 1 aliphatic heterocycles. The fourth-order valence-electron chi connectivity index (χ4n) is 2.46. The maximum atomic E-state index is 13.9. The summed E-state index contributed by atoms with van der Waals surface area (Å²) in [4.78, 5) is 2.56. The first-order chi connectivity index (χ1) is 8.60. The quantitative estimate of drug-likeness (QED) is 0.850. The van der Waals surface area contributed by atoms with Crippen molar-refractivity contribution >= 4 is 17.2 Å². The van der Waals surface area contributed by atoms with Crippen LogP contribution in [-0.2, 0) is 6.54 Å². The van der Waals surface area contributed by atoms with E-state index in [9.17, 15) is 4.39 Å². The van der Waals surface area contributed by atoms with Gasteiger partial charge >= 0.3 is 0 Å². The van der Waals surface area contributed by atoms with Gasteiger partial charge in [0.15, 0.2) is 0 Å². The van der Waals surface area contributed by atoms with Crippen molar-refractivity contribution in [2.75, 3.05) is 13.1 Å². The second-order valence-electron chi connectivity index (χ2n) is 4.97. The molecule has 0 aromatic heterocycles. The largest absolute Gasteiger partial charge is 0.389 e. The molecule has 2 nitrogen and oxygen atoms in total. The maximum Gasteiger partial charge on any atom is 0.128 e. The van der Waals surface area contributed by atoms with Gasteiger partial charge in [0.05, 0.1) is 0 Å². The van der Waals surface area contributed by atoms with Crippen molar-refractivity contribution in [3.63, 3.8) is 0 Å². The Hall–Kier alpha value is -1.00. The molecule has 0 saturated carbocycles.